The van der Waals surface area contributed by atoms with Crippen molar-refractivity contribution in [1.29, 1.82) is 0 Å². The number of sulfonamides is 1. The predicted octanol–water partition coefficient (Wildman–Crippen LogP) is 2.11. The second-order valence-electron chi connectivity index (χ2n) is 5.30. The van der Waals surface area contributed by atoms with Crippen molar-refractivity contribution in [2.75, 3.05) is 13.6 Å². The van der Waals surface area contributed by atoms with Crippen LogP contribution in [0.15, 0.2) is 21.5 Å². The Morgan fingerprint density at radius 1 is 1.48 bits per heavy atom. The molecule has 0 spiro atoms. The van der Waals surface area contributed by atoms with Gasteiger partial charge in [0, 0.05) is 19.2 Å². The van der Waals surface area contributed by atoms with Crippen molar-refractivity contribution < 1.29 is 17.6 Å². The van der Waals surface area contributed by atoms with Gasteiger partial charge in [0.1, 0.15) is 5.82 Å². The molecule has 1 aromatic carbocycles. The molecule has 0 radical (unpaired) electrons. The van der Waals surface area contributed by atoms with E-state index in [9.17, 15) is 17.6 Å². The summed E-state index contributed by atoms with van der Waals surface area (Å²) in [6, 6.07) is 2.11. The molecule has 1 amide bonds. The van der Waals surface area contributed by atoms with Crippen LogP contribution < -0.4 is 5.14 Å². The van der Waals surface area contributed by atoms with E-state index in [0.29, 0.717) is 12.5 Å². The van der Waals surface area contributed by atoms with Crippen molar-refractivity contribution >= 4 is 31.9 Å². The van der Waals surface area contributed by atoms with Crippen LogP contribution in [0, 0.1) is 11.7 Å². The molecule has 1 saturated carbocycles. The first-order valence-electron chi connectivity index (χ1n) is 6.47. The second kappa shape index (κ2) is 6.02. The lowest BCUT2D eigenvalue weighted by molar-refractivity contribution is 0.0744. The summed E-state index contributed by atoms with van der Waals surface area (Å²) in [7, 11) is -2.49. The molecule has 116 valence electrons. The Kier molecular flexibility index (Phi) is 4.69. The van der Waals surface area contributed by atoms with Gasteiger partial charge in [0.25, 0.3) is 5.91 Å². The molecule has 21 heavy (non-hydrogen) atoms. The van der Waals surface area contributed by atoms with Crippen LogP contribution >= 0.6 is 15.9 Å². The van der Waals surface area contributed by atoms with Gasteiger partial charge in [-0.15, -0.1) is 0 Å². The van der Waals surface area contributed by atoms with Crippen LogP contribution in [0.1, 0.15) is 29.6 Å². The molecule has 8 heteroatoms. The number of hydrogen-bond donors (Lipinski definition) is 1. The molecule has 2 N–H and O–H groups in total. The molecule has 1 aliphatic rings. The van der Waals surface area contributed by atoms with Crippen LogP contribution in [0.5, 0.6) is 0 Å². The van der Waals surface area contributed by atoms with Crippen LogP contribution in [0.3, 0.4) is 0 Å². The fraction of sp³-hybridized carbons (Fsp3) is 0.462. The molecule has 1 aliphatic carbocycles. The summed E-state index contributed by atoms with van der Waals surface area (Å²) in [5.41, 5.74) is -0.0263. The Bertz CT molecular complexity index is 674. The van der Waals surface area contributed by atoms with Crippen molar-refractivity contribution in [2.45, 2.75) is 24.2 Å². The highest BCUT2D eigenvalue weighted by atomic mass is 79.9. The molecule has 5 nitrogen and oxygen atoms in total. The first kappa shape index (κ1) is 16.4. The van der Waals surface area contributed by atoms with Crippen LogP contribution in [-0.4, -0.2) is 32.8 Å². The van der Waals surface area contributed by atoms with Crippen LogP contribution in [-0.2, 0) is 10.0 Å². The number of nitrogens with two attached hydrogens (primary N) is 1. The molecule has 2 rings (SSSR count). The van der Waals surface area contributed by atoms with Gasteiger partial charge in [-0.25, -0.2) is 17.9 Å². The normalized spacial score (nSPS) is 15.6. The Hall–Kier alpha value is -0.990. The number of nitrogens with zero attached hydrogens (tertiary/aromatic N) is 1. The lowest BCUT2D eigenvalue weighted by Gasteiger charge is -2.30. The fourth-order valence-corrected chi connectivity index (χ4v) is 3.80. The maximum absolute atomic E-state index is 13.8. The third kappa shape index (κ3) is 3.61. The standard InChI is InChI=1S/C13H16BrFN2O3S/c1-17(7-8-3-2-4-8)13(18)9-5-10(15)12(14)11(6-9)21(16,19)20/h5-6,8H,2-4,7H2,1H3,(H2,16,19,20). The summed E-state index contributed by atoms with van der Waals surface area (Å²) < 4.78 is 36.4. The summed E-state index contributed by atoms with van der Waals surface area (Å²) >= 11 is 2.84. The van der Waals surface area contributed by atoms with E-state index in [1.165, 1.54) is 4.90 Å². The molecule has 0 heterocycles. The Labute approximate surface area is 131 Å². The van der Waals surface area contributed by atoms with Crippen molar-refractivity contribution in [3.63, 3.8) is 0 Å². The van der Waals surface area contributed by atoms with Crippen molar-refractivity contribution in [3.8, 4) is 0 Å². The van der Waals surface area contributed by atoms with Gasteiger partial charge in [-0.1, -0.05) is 6.42 Å². The minimum atomic E-state index is -4.11. The van der Waals surface area contributed by atoms with E-state index in [4.69, 9.17) is 5.14 Å². The maximum Gasteiger partial charge on any atom is 0.253 e. The zero-order valence-electron chi connectivity index (χ0n) is 11.5. The number of rotatable bonds is 4. The Balaban J connectivity index is 2.30. The quantitative estimate of drug-likeness (QED) is 0.870. The molecule has 1 aromatic rings. The highest BCUT2D eigenvalue weighted by Crippen LogP contribution is 2.29. The van der Waals surface area contributed by atoms with Crippen LogP contribution in [0.4, 0.5) is 4.39 Å². The lowest BCUT2D eigenvalue weighted by atomic mass is 9.85. The fourth-order valence-electron chi connectivity index (χ4n) is 2.26. The number of primary sulfonamides is 1. The topological polar surface area (TPSA) is 80.5 Å². The van der Waals surface area contributed by atoms with Crippen LogP contribution in [0.2, 0.25) is 0 Å². The number of carbonyl (C=O) groups is 1. The molecular formula is C13H16BrFN2O3S. The van der Waals surface area contributed by atoms with Crippen molar-refractivity contribution in [1.82, 2.24) is 4.90 Å². The summed E-state index contributed by atoms with van der Waals surface area (Å²) in [6.07, 6.45) is 3.32. The van der Waals surface area contributed by atoms with Gasteiger partial charge in [-0.2, -0.15) is 0 Å². The average molecular weight is 379 g/mol. The van der Waals surface area contributed by atoms with Gasteiger partial charge in [0.05, 0.1) is 9.37 Å². The zero-order valence-corrected chi connectivity index (χ0v) is 13.9. The SMILES string of the molecule is CN(CC1CCC1)C(=O)c1cc(F)c(Br)c(S(N)(=O)=O)c1. The van der Waals surface area contributed by atoms with E-state index < -0.39 is 26.6 Å². The van der Waals surface area contributed by atoms with Crippen molar-refractivity contribution in [2.24, 2.45) is 11.1 Å². The minimum absolute atomic E-state index is 0.0263. The summed E-state index contributed by atoms with van der Waals surface area (Å²) in [6.45, 7) is 0.585. The highest BCUT2D eigenvalue weighted by molar-refractivity contribution is 9.10. The molecule has 0 atom stereocenters. The number of halogens is 2. The van der Waals surface area contributed by atoms with Gasteiger partial charge < -0.3 is 4.90 Å². The Morgan fingerprint density at radius 2 is 2.10 bits per heavy atom. The number of hydrogen-bond acceptors (Lipinski definition) is 3. The summed E-state index contributed by atoms with van der Waals surface area (Å²) in [5, 5.41) is 5.03. The molecule has 0 bridgehead atoms. The van der Waals surface area contributed by atoms with Gasteiger partial charge >= 0.3 is 0 Å². The van der Waals surface area contributed by atoms with E-state index in [-0.39, 0.29) is 10.0 Å². The number of amides is 1. The first-order valence-corrected chi connectivity index (χ1v) is 8.81. The van der Waals surface area contributed by atoms with Gasteiger partial charge in [0.15, 0.2) is 0 Å². The van der Waals surface area contributed by atoms with E-state index in [0.717, 1.165) is 31.4 Å². The highest BCUT2D eigenvalue weighted by Gasteiger charge is 2.24. The number of carbonyl (C=O) groups excluding carboxylic acids is 1. The molecule has 0 saturated heterocycles. The second-order valence-corrected chi connectivity index (χ2v) is 7.62. The molecule has 1 fully saturated rings. The zero-order chi connectivity index (χ0) is 15.8. The monoisotopic (exact) mass is 378 g/mol. The van der Waals surface area contributed by atoms with Gasteiger partial charge in [-0.3, -0.25) is 4.79 Å². The molecule has 0 aliphatic heterocycles. The minimum Gasteiger partial charge on any atom is -0.341 e. The largest absolute Gasteiger partial charge is 0.341 e. The van der Waals surface area contributed by atoms with Gasteiger partial charge in [-0.05, 0) is 46.8 Å². The Morgan fingerprint density at radius 3 is 2.57 bits per heavy atom. The van der Waals surface area contributed by atoms with E-state index >= 15 is 0 Å². The molecule has 0 aromatic heterocycles. The number of benzene rings is 1. The first-order chi connectivity index (χ1) is 9.70. The van der Waals surface area contributed by atoms with Crippen LogP contribution in [0.25, 0.3) is 0 Å². The van der Waals surface area contributed by atoms with E-state index in [1.807, 2.05) is 0 Å². The van der Waals surface area contributed by atoms with E-state index in [1.54, 1.807) is 7.05 Å². The maximum atomic E-state index is 13.8. The summed E-state index contributed by atoms with van der Waals surface area (Å²) in [5.74, 6) is -0.780. The summed E-state index contributed by atoms with van der Waals surface area (Å²) in [4.78, 5) is 13.3. The van der Waals surface area contributed by atoms with Crippen molar-refractivity contribution in [3.05, 3.63) is 28.0 Å². The van der Waals surface area contributed by atoms with Gasteiger partial charge in [0.2, 0.25) is 10.0 Å². The average Bonchev–Trinajstić information content (AvgIpc) is 2.34. The third-order valence-electron chi connectivity index (χ3n) is 3.65. The molecule has 0 unspecified atom stereocenters. The predicted molar refractivity (Wildman–Crippen MR) is 79.8 cm³/mol. The third-order valence-corrected chi connectivity index (χ3v) is 5.66. The molecular weight excluding hydrogens is 363 g/mol. The lowest BCUT2D eigenvalue weighted by Crippen LogP contribution is -2.34. The van der Waals surface area contributed by atoms with E-state index in [2.05, 4.69) is 15.9 Å². The smallest absolute Gasteiger partial charge is 0.253 e.